The summed E-state index contributed by atoms with van der Waals surface area (Å²) in [6.45, 7) is 0.225. The Balaban J connectivity index is 2.17. The predicted octanol–water partition coefficient (Wildman–Crippen LogP) is 0.640. The van der Waals surface area contributed by atoms with Crippen LogP contribution in [0.3, 0.4) is 0 Å². The molecule has 1 aromatic carbocycles. The molecule has 0 saturated carbocycles. The number of hydrogen-bond donors (Lipinski definition) is 2. The number of nitrogens with one attached hydrogen (secondary N) is 1. The van der Waals surface area contributed by atoms with Crippen LogP contribution in [-0.4, -0.2) is 54.6 Å². The summed E-state index contributed by atoms with van der Waals surface area (Å²) in [5, 5.41) is 10.9. The number of β-lactam (4-membered cyclic amide) rings is 1. The quantitative estimate of drug-likeness (QED) is 0.564. The average molecular weight is 322 g/mol. The van der Waals surface area contributed by atoms with Gasteiger partial charge in [-0.25, -0.2) is 4.79 Å². The lowest BCUT2D eigenvalue weighted by atomic mass is 9.91. The molecular weight excluding hydrogens is 304 g/mol. The van der Waals surface area contributed by atoms with Gasteiger partial charge in [0.25, 0.3) is 0 Å². The molecule has 1 fully saturated rings. The Morgan fingerprint density at radius 1 is 1.39 bits per heavy atom. The third kappa shape index (κ3) is 3.36. The van der Waals surface area contributed by atoms with Crippen molar-refractivity contribution < 1.29 is 29.0 Å². The van der Waals surface area contributed by atoms with Gasteiger partial charge in [0, 0.05) is 24.6 Å². The first-order chi connectivity index (χ1) is 11.0. The van der Waals surface area contributed by atoms with Crippen LogP contribution in [0.4, 0.5) is 4.79 Å². The molecule has 8 nitrogen and oxygen atoms in total. The number of rotatable bonds is 7. The molecule has 23 heavy (non-hydrogen) atoms. The molecule has 0 unspecified atom stereocenters. The van der Waals surface area contributed by atoms with Crippen molar-refractivity contribution in [3.8, 4) is 11.5 Å². The number of ether oxygens (including phenoxy) is 2. The standard InChI is InChI=1S/C15H18N2O6/c1-22-10-4-3-9(12(7-10)23-2)8-17-11(5-6-18)13(14(17)19)16-15(20)21/h3-4,6-7,11,13,16H,5,8H2,1-2H3,(H,20,21)/t11-,13+/m1/s1. The van der Waals surface area contributed by atoms with Gasteiger partial charge in [-0.15, -0.1) is 0 Å². The van der Waals surface area contributed by atoms with Gasteiger partial charge in [-0.3, -0.25) is 4.79 Å². The van der Waals surface area contributed by atoms with Gasteiger partial charge >= 0.3 is 6.09 Å². The number of nitrogens with zero attached hydrogens (tertiary/aromatic N) is 1. The summed E-state index contributed by atoms with van der Waals surface area (Å²) in [6.07, 6.45) is -0.554. The number of likely N-dealkylation sites (tertiary alicyclic amines) is 1. The lowest BCUT2D eigenvalue weighted by Crippen LogP contribution is -2.70. The third-order valence-corrected chi connectivity index (χ3v) is 3.79. The molecule has 0 aromatic heterocycles. The second kappa shape index (κ2) is 6.99. The van der Waals surface area contributed by atoms with E-state index >= 15 is 0 Å². The molecule has 0 radical (unpaired) electrons. The summed E-state index contributed by atoms with van der Waals surface area (Å²) >= 11 is 0. The van der Waals surface area contributed by atoms with Crippen molar-refractivity contribution in [3.63, 3.8) is 0 Å². The highest BCUT2D eigenvalue weighted by atomic mass is 16.5. The molecule has 2 rings (SSSR count). The van der Waals surface area contributed by atoms with Crippen molar-refractivity contribution in [1.82, 2.24) is 10.2 Å². The Morgan fingerprint density at radius 2 is 2.13 bits per heavy atom. The topological polar surface area (TPSA) is 105 Å². The van der Waals surface area contributed by atoms with E-state index in [1.54, 1.807) is 18.2 Å². The molecule has 124 valence electrons. The van der Waals surface area contributed by atoms with Gasteiger partial charge in [-0.1, -0.05) is 0 Å². The molecule has 1 aliphatic rings. The molecule has 2 atom stereocenters. The Kier molecular flexibility index (Phi) is 5.05. The minimum absolute atomic E-state index is 0.0646. The van der Waals surface area contributed by atoms with Gasteiger partial charge in [0.1, 0.15) is 23.8 Å². The van der Waals surface area contributed by atoms with Crippen LogP contribution in [0.15, 0.2) is 18.2 Å². The normalized spacial score (nSPS) is 19.7. The molecule has 8 heteroatoms. The molecule has 0 aliphatic carbocycles. The van der Waals surface area contributed by atoms with E-state index < -0.39 is 18.2 Å². The number of hydrogen-bond acceptors (Lipinski definition) is 5. The molecule has 1 saturated heterocycles. The Bertz CT molecular complexity index is 618. The summed E-state index contributed by atoms with van der Waals surface area (Å²) in [6, 6.07) is 3.82. The fraction of sp³-hybridized carbons (Fsp3) is 0.400. The summed E-state index contributed by atoms with van der Waals surface area (Å²) in [7, 11) is 3.05. The molecule has 1 aromatic rings. The highest BCUT2D eigenvalue weighted by molar-refractivity contribution is 5.92. The molecular formula is C15H18N2O6. The highest BCUT2D eigenvalue weighted by Gasteiger charge is 2.47. The van der Waals surface area contributed by atoms with Gasteiger partial charge in [0.2, 0.25) is 5.91 Å². The smallest absolute Gasteiger partial charge is 0.405 e. The minimum atomic E-state index is -1.29. The molecule has 1 aliphatic heterocycles. The van der Waals surface area contributed by atoms with Crippen LogP contribution in [0, 0.1) is 0 Å². The number of benzene rings is 1. The Hall–Kier alpha value is -2.77. The summed E-state index contributed by atoms with van der Waals surface area (Å²) < 4.78 is 10.4. The van der Waals surface area contributed by atoms with Crippen LogP contribution in [0.25, 0.3) is 0 Å². The van der Waals surface area contributed by atoms with E-state index in [-0.39, 0.29) is 18.9 Å². The molecule has 1 heterocycles. The van der Waals surface area contributed by atoms with Crippen molar-refractivity contribution in [2.45, 2.75) is 25.0 Å². The third-order valence-electron chi connectivity index (χ3n) is 3.79. The van der Waals surface area contributed by atoms with E-state index in [9.17, 15) is 14.4 Å². The first-order valence-corrected chi connectivity index (χ1v) is 6.96. The maximum Gasteiger partial charge on any atom is 0.405 e. The fourth-order valence-electron chi connectivity index (χ4n) is 2.62. The van der Waals surface area contributed by atoms with E-state index in [2.05, 4.69) is 5.32 Å². The summed E-state index contributed by atoms with van der Waals surface area (Å²) in [4.78, 5) is 35.1. The largest absolute Gasteiger partial charge is 0.497 e. The van der Waals surface area contributed by atoms with Gasteiger partial charge in [0.15, 0.2) is 0 Å². The molecule has 2 amide bonds. The van der Waals surface area contributed by atoms with Gasteiger partial charge in [0.05, 0.1) is 20.3 Å². The number of amides is 2. The fourth-order valence-corrected chi connectivity index (χ4v) is 2.62. The number of methoxy groups -OCH3 is 2. The lowest BCUT2D eigenvalue weighted by Gasteiger charge is -2.46. The average Bonchev–Trinajstić information content (AvgIpc) is 2.56. The number of carboxylic acid groups (broad SMARTS) is 1. The maximum atomic E-state index is 12.1. The van der Waals surface area contributed by atoms with Crippen molar-refractivity contribution in [1.29, 1.82) is 0 Å². The lowest BCUT2D eigenvalue weighted by molar-refractivity contribution is -0.152. The molecule has 2 N–H and O–H groups in total. The van der Waals surface area contributed by atoms with Crippen molar-refractivity contribution in [2.75, 3.05) is 14.2 Å². The summed E-state index contributed by atoms with van der Waals surface area (Å²) in [5.74, 6) is 0.809. The first kappa shape index (κ1) is 16.6. The molecule has 0 spiro atoms. The Morgan fingerprint density at radius 3 is 2.70 bits per heavy atom. The van der Waals surface area contributed by atoms with Crippen LogP contribution in [0.2, 0.25) is 0 Å². The maximum absolute atomic E-state index is 12.1. The van der Waals surface area contributed by atoms with Gasteiger partial charge in [-0.05, 0) is 12.1 Å². The van der Waals surface area contributed by atoms with Crippen LogP contribution in [-0.2, 0) is 16.1 Å². The highest BCUT2D eigenvalue weighted by Crippen LogP contribution is 2.30. The van der Waals surface area contributed by atoms with E-state index in [4.69, 9.17) is 14.6 Å². The summed E-state index contributed by atoms with van der Waals surface area (Å²) in [5.41, 5.74) is 0.742. The van der Waals surface area contributed by atoms with Crippen LogP contribution in [0.1, 0.15) is 12.0 Å². The first-order valence-electron chi connectivity index (χ1n) is 6.96. The van der Waals surface area contributed by atoms with Crippen LogP contribution >= 0.6 is 0 Å². The number of carbonyl (C=O) groups is 3. The SMILES string of the molecule is COc1ccc(CN2C(=O)[C@@H](NC(=O)O)[C@H]2CC=O)c(OC)c1. The van der Waals surface area contributed by atoms with Crippen LogP contribution < -0.4 is 14.8 Å². The minimum Gasteiger partial charge on any atom is -0.497 e. The van der Waals surface area contributed by atoms with E-state index in [1.165, 1.54) is 19.1 Å². The zero-order valence-corrected chi connectivity index (χ0v) is 12.8. The number of aldehydes is 1. The second-order valence-electron chi connectivity index (χ2n) is 5.04. The van der Waals surface area contributed by atoms with Crippen molar-refractivity contribution in [2.24, 2.45) is 0 Å². The van der Waals surface area contributed by atoms with Crippen molar-refractivity contribution in [3.05, 3.63) is 23.8 Å². The van der Waals surface area contributed by atoms with E-state index in [1.807, 2.05) is 0 Å². The zero-order valence-electron chi connectivity index (χ0n) is 12.8. The second-order valence-corrected chi connectivity index (χ2v) is 5.04. The van der Waals surface area contributed by atoms with Crippen molar-refractivity contribution >= 4 is 18.3 Å². The van der Waals surface area contributed by atoms with Gasteiger partial charge < -0.3 is 29.6 Å². The monoisotopic (exact) mass is 322 g/mol. The number of carbonyl (C=O) groups excluding carboxylic acids is 2. The molecule has 0 bridgehead atoms. The van der Waals surface area contributed by atoms with E-state index in [0.717, 1.165) is 5.56 Å². The predicted molar refractivity (Wildman–Crippen MR) is 79.5 cm³/mol. The van der Waals surface area contributed by atoms with E-state index in [0.29, 0.717) is 17.8 Å². The zero-order chi connectivity index (χ0) is 17.0. The Labute approximate surface area is 133 Å². The van der Waals surface area contributed by atoms with Crippen LogP contribution in [0.5, 0.6) is 11.5 Å². The van der Waals surface area contributed by atoms with Gasteiger partial charge in [-0.2, -0.15) is 0 Å².